The van der Waals surface area contributed by atoms with Gasteiger partial charge >= 0.3 is 0 Å². The van der Waals surface area contributed by atoms with E-state index >= 15 is 0 Å². The molecular formula is C11H19N3S. The number of thiazole rings is 1. The van der Waals surface area contributed by atoms with Crippen LogP contribution in [0.25, 0.3) is 0 Å². The topological polar surface area (TPSA) is 28.2 Å². The highest BCUT2D eigenvalue weighted by molar-refractivity contribution is 7.09. The Bertz CT molecular complexity index is 284. The van der Waals surface area contributed by atoms with Crippen LogP contribution in [0.4, 0.5) is 0 Å². The minimum Gasteiger partial charge on any atom is -0.311 e. The minimum atomic E-state index is 0.638. The van der Waals surface area contributed by atoms with Crippen molar-refractivity contribution in [3.8, 4) is 0 Å². The Labute approximate surface area is 95.5 Å². The van der Waals surface area contributed by atoms with E-state index in [0.29, 0.717) is 12.0 Å². The molecule has 1 aromatic rings. The average molecular weight is 225 g/mol. The molecule has 1 N–H and O–H groups in total. The summed E-state index contributed by atoms with van der Waals surface area (Å²) in [4.78, 5) is 6.84. The molecule has 0 radical (unpaired) electrons. The molecule has 4 heteroatoms. The van der Waals surface area contributed by atoms with Gasteiger partial charge in [0.1, 0.15) is 5.01 Å². The summed E-state index contributed by atoms with van der Waals surface area (Å²) in [7, 11) is 0. The zero-order valence-corrected chi connectivity index (χ0v) is 10.3. The third-order valence-electron chi connectivity index (χ3n) is 2.94. The fraction of sp³-hybridized carbons (Fsp3) is 0.727. The first-order chi connectivity index (χ1) is 7.25. The molecule has 15 heavy (non-hydrogen) atoms. The number of hydrogen-bond donors (Lipinski definition) is 1. The second-order valence-corrected chi connectivity index (χ2v) is 5.44. The molecule has 1 aromatic heterocycles. The molecule has 0 aliphatic carbocycles. The van der Waals surface area contributed by atoms with Gasteiger partial charge in [0.25, 0.3) is 0 Å². The van der Waals surface area contributed by atoms with Crippen LogP contribution in [0.15, 0.2) is 11.6 Å². The molecule has 1 saturated heterocycles. The third kappa shape index (κ3) is 3.00. The Kier molecular flexibility index (Phi) is 3.72. The normalized spacial score (nSPS) is 23.5. The number of aromatic nitrogens is 1. The molecule has 0 amide bonds. The number of piperazine rings is 1. The van der Waals surface area contributed by atoms with Crippen LogP contribution in [0.2, 0.25) is 0 Å². The summed E-state index contributed by atoms with van der Waals surface area (Å²) >= 11 is 1.75. The Morgan fingerprint density at radius 2 is 2.53 bits per heavy atom. The number of nitrogens with zero attached hydrogens (tertiary/aromatic N) is 2. The van der Waals surface area contributed by atoms with Gasteiger partial charge in [0.2, 0.25) is 0 Å². The first-order valence-electron chi connectivity index (χ1n) is 5.60. The highest BCUT2D eigenvalue weighted by Gasteiger charge is 2.21. The molecule has 3 nitrogen and oxygen atoms in total. The van der Waals surface area contributed by atoms with Crippen LogP contribution in [0.3, 0.4) is 0 Å². The van der Waals surface area contributed by atoms with Crippen molar-refractivity contribution in [2.24, 2.45) is 5.92 Å². The van der Waals surface area contributed by atoms with Crippen molar-refractivity contribution in [1.82, 2.24) is 15.2 Å². The lowest BCUT2D eigenvalue weighted by atomic mass is 10.0. The van der Waals surface area contributed by atoms with E-state index in [2.05, 4.69) is 34.4 Å². The van der Waals surface area contributed by atoms with Crippen molar-refractivity contribution < 1.29 is 0 Å². The predicted octanol–water partition coefficient (Wildman–Crippen LogP) is 1.57. The molecule has 1 atom stereocenters. The lowest BCUT2D eigenvalue weighted by Crippen LogP contribution is -2.52. The SMILES string of the molecule is CC(C)C1CN(Cc2nccs2)CCN1. The summed E-state index contributed by atoms with van der Waals surface area (Å²) < 4.78 is 0. The van der Waals surface area contributed by atoms with Crippen molar-refractivity contribution in [1.29, 1.82) is 0 Å². The van der Waals surface area contributed by atoms with Gasteiger partial charge in [-0.05, 0) is 5.92 Å². The van der Waals surface area contributed by atoms with E-state index in [1.54, 1.807) is 11.3 Å². The molecule has 1 fully saturated rings. The van der Waals surface area contributed by atoms with Crippen molar-refractivity contribution in [2.75, 3.05) is 19.6 Å². The fourth-order valence-corrected chi connectivity index (χ4v) is 2.61. The largest absolute Gasteiger partial charge is 0.311 e. The number of nitrogens with one attached hydrogen (secondary N) is 1. The molecule has 2 heterocycles. The summed E-state index contributed by atoms with van der Waals surface area (Å²) in [5.41, 5.74) is 0. The highest BCUT2D eigenvalue weighted by atomic mass is 32.1. The summed E-state index contributed by atoms with van der Waals surface area (Å²) in [6, 6.07) is 0.638. The Balaban J connectivity index is 1.88. The van der Waals surface area contributed by atoms with E-state index in [-0.39, 0.29) is 0 Å². The van der Waals surface area contributed by atoms with Crippen LogP contribution < -0.4 is 5.32 Å². The standard InChI is InChI=1S/C11H19N3S/c1-9(2)10-7-14(5-3-12-10)8-11-13-4-6-15-11/h4,6,9-10,12H,3,5,7-8H2,1-2H3. The smallest absolute Gasteiger partial charge is 0.107 e. The van der Waals surface area contributed by atoms with Crippen LogP contribution >= 0.6 is 11.3 Å². The summed E-state index contributed by atoms with van der Waals surface area (Å²) in [5.74, 6) is 0.712. The predicted molar refractivity (Wildman–Crippen MR) is 64.0 cm³/mol. The Morgan fingerprint density at radius 1 is 1.67 bits per heavy atom. The molecule has 1 unspecified atom stereocenters. The van der Waals surface area contributed by atoms with Crippen LogP contribution in [-0.4, -0.2) is 35.6 Å². The van der Waals surface area contributed by atoms with Crippen LogP contribution in [0, 0.1) is 5.92 Å². The maximum absolute atomic E-state index is 4.34. The molecule has 0 spiro atoms. The fourth-order valence-electron chi connectivity index (χ4n) is 1.95. The molecule has 0 saturated carbocycles. The van der Waals surface area contributed by atoms with Crippen LogP contribution in [0.5, 0.6) is 0 Å². The van der Waals surface area contributed by atoms with Gasteiger partial charge in [-0.1, -0.05) is 13.8 Å². The number of hydrogen-bond acceptors (Lipinski definition) is 4. The van der Waals surface area contributed by atoms with Gasteiger partial charge in [-0.3, -0.25) is 4.90 Å². The van der Waals surface area contributed by atoms with Crippen molar-refractivity contribution in [3.63, 3.8) is 0 Å². The van der Waals surface area contributed by atoms with Crippen LogP contribution in [-0.2, 0) is 6.54 Å². The average Bonchev–Trinajstić information content (AvgIpc) is 2.71. The number of rotatable bonds is 3. The molecule has 1 aliphatic heterocycles. The molecule has 2 rings (SSSR count). The van der Waals surface area contributed by atoms with Gasteiger partial charge in [0.05, 0.1) is 6.54 Å². The van der Waals surface area contributed by atoms with E-state index in [0.717, 1.165) is 26.2 Å². The maximum Gasteiger partial charge on any atom is 0.107 e. The van der Waals surface area contributed by atoms with Gasteiger partial charge < -0.3 is 5.32 Å². The molecule has 1 aliphatic rings. The van der Waals surface area contributed by atoms with E-state index in [9.17, 15) is 0 Å². The zero-order chi connectivity index (χ0) is 10.7. The van der Waals surface area contributed by atoms with Gasteiger partial charge in [-0.25, -0.2) is 4.98 Å². The quantitative estimate of drug-likeness (QED) is 0.846. The first-order valence-corrected chi connectivity index (χ1v) is 6.48. The highest BCUT2D eigenvalue weighted by Crippen LogP contribution is 2.13. The van der Waals surface area contributed by atoms with E-state index in [1.165, 1.54) is 5.01 Å². The van der Waals surface area contributed by atoms with Gasteiger partial charge in [-0.15, -0.1) is 11.3 Å². The lowest BCUT2D eigenvalue weighted by molar-refractivity contribution is 0.168. The molecular weight excluding hydrogens is 206 g/mol. The molecule has 0 bridgehead atoms. The van der Waals surface area contributed by atoms with E-state index in [4.69, 9.17) is 0 Å². The zero-order valence-electron chi connectivity index (χ0n) is 9.44. The van der Waals surface area contributed by atoms with Crippen LogP contribution in [0.1, 0.15) is 18.9 Å². The monoisotopic (exact) mass is 225 g/mol. The van der Waals surface area contributed by atoms with E-state index < -0.39 is 0 Å². The van der Waals surface area contributed by atoms with Gasteiger partial charge in [-0.2, -0.15) is 0 Å². The van der Waals surface area contributed by atoms with Crippen molar-refractivity contribution in [2.45, 2.75) is 26.4 Å². The van der Waals surface area contributed by atoms with Crippen molar-refractivity contribution >= 4 is 11.3 Å². The minimum absolute atomic E-state index is 0.638. The summed E-state index contributed by atoms with van der Waals surface area (Å²) in [6.45, 7) is 8.98. The summed E-state index contributed by atoms with van der Waals surface area (Å²) in [5, 5.41) is 6.86. The molecule has 84 valence electrons. The molecule has 0 aromatic carbocycles. The van der Waals surface area contributed by atoms with E-state index in [1.807, 2.05) is 6.20 Å². The lowest BCUT2D eigenvalue weighted by Gasteiger charge is -2.35. The Morgan fingerprint density at radius 3 is 3.20 bits per heavy atom. The first kappa shape index (κ1) is 11.0. The van der Waals surface area contributed by atoms with Gasteiger partial charge in [0.15, 0.2) is 0 Å². The Hall–Kier alpha value is -0.450. The third-order valence-corrected chi connectivity index (χ3v) is 3.70. The van der Waals surface area contributed by atoms with Crippen molar-refractivity contribution in [3.05, 3.63) is 16.6 Å². The summed E-state index contributed by atoms with van der Waals surface area (Å²) in [6.07, 6.45) is 1.89. The second kappa shape index (κ2) is 5.05. The maximum atomic E-state index is 4.34. The second-order valence-electron chi connectivity index (χ2n) is 4.47. The van der Waals surface area contributed by atoms with Gasteiger partial charge in [0, 0.05) is 37.3 Å².